The van der Waals surface area contributed by atoms with Crippen molar-refractivity contribution in [2.75, 3.05) is 0 Å². The van der Waals surface area contributed by atoms with Crippen molar-refractivity contribution in [1.82, 2.24) is 4.57 Å². The Kier molecular flexibility index (Phi) is 2.66. The molecule has 2 bridgehead atoms. The molecule has 2 nitrogen and oxygen atoms in total. The monoisotopic (exact) mass is 254 g/mol. The highest BCUT2D eigenvalue weighted by Crippen LogP contribution is 2.49. The van der Waals surface area contributed by atoms with Gasteiger partial charge in [0.05, 0.1) is 0 Å². The Bertz CT molecular complexity index is 598. The number of fused-ring (bicyclic) bond motifs is 3. The van der Waals surface area contributed by atoms with Crippen LogP contribution in [-0.4, -0.2) is 4.57 Å². The van der Waals surface area contributed by atoms with Crippen molar-refractivity contribution in [2.45, 2.75) is 38.8 Å². The molecule has 0 aliphatic heterocycles. The normalized spacial score (nSPS) is 29.4. The quantitative estimate of drug-likeness (QED) is 0.892. The van der Waals surface area contributed by atoms with Crippen molar-refractivity contribution in [1.29, 1.82) is 0 Å². The first-order chi connectivity index (χ1) is 9.35. The van der Waals surface area contributed by atoms with Gasteiger partial charge >= 0.3 is 0 Å². The molecule has 1 heterocycles. The largest absolute Gasteiger partial charge is 0.347 e. The van der Waals surface area contributed by atoms with Gasteiger partial charge in [-0.25, -0.2) is 0 Å². The van der Waals surface area contributed by atoms with E-state index in [1.807, 2.05) is 0 Å². The predicted molar refractivity (Wildman–Crippen MR) is 78.8 cm³/mol. The number of hydrogen-bond acceptors (Lipinski definition) is 1. The third-order valence-electron chi connectivity index (χ3n) is 5.44. The molecule has 1 aromatic heterocycles. The van der Waals surface area contributed by atoms with Crippen LogP contribution in [0.1, 0.15) is 31.2 Å². The van der Waals surface area contributed by atoms with Crippen LogP contribution in [0.25, 0.3) is 10.9 Å². The van der Waals surface area contributed by atoms with Crippen molar-refractivity contribution >= 4 is 10.9 Å². The second-order valence-corrected chi connectivity index (χ2v) is 6.46. The van der Waals surface area contributed by atoms with Crippen LogP contribution in [0.5, 0.6) is 0 Å². The van der Waals surface area contributed by atoms with E-state index in [2.05, 4.69) is 35.0 Å². The van der Waals surface area contributed by atoms with Gasteiger partial charge in [0.25, 0.3) is 0 Å². The summed E-state index contributed by atoms with van der Waals surface area (Å²) in [4.78, 5) is 0. The summed E-state index contributed by atoms with van der Waals surface area (Å²) in [5.74, 6) is 2.95. The SMILES string of the molecule is NCc1cccc2c1ccn2CC1CC2CCC1C2. The third-order valence-corrected chi connectivity index (χ3v) is 5.44. The zero-order valence-electron chi connectivity index (χ0n) is 11.4. The van der Waals surface area contributed by atoms with E-state index in [4.69, 9.17) is 5.73 Å². The summed E-state index contributed by atoms with van der Waals surface area (Å²) in [5.41, 5.74) is 8.46. The minimum atomic E-state index is 0.634. The number of benzene rings is 1. The highest BCUT2D eigenvalue weighted by Gasteiger charge is 2.39. The van der Waals surface area contributed by atoms with E-state index < -0.39 is 0 Å². The van der Waals surface area contributed by atoms with E-state index in [1.165, 1.54) is 48.7 Å². The first-order valence-electron chi connectivity index (χ1n) is 7.62. The summed E-state index contributed by atoms with van der Waals surface area (Å²) in [7, 11) is 0. The number of nitrogens with zero attached hydrogens (tertiary/aromatic N) is 1. The molecule has 2 heteroatoms. The van der Waals surface area contributed by atoms with E-state index in [1.54, 1.807) is 0 Å². The van der Waals surface area contributed by atoms with Crippen molar-refractivity contribution < 1.29 is 0 Å². The van der Waals surface area contributed by atoms with Gasteiger partial charge in [-0.3, -0.25) is 0 Å². The topological polar surface area (TPSA) is 30.9 Å². The first-order valence-corrected chi connectivity index (χ1v) is 7.62. The Hall–Kier alpha value is -1.28. The van der Waals surface area contributed by atoms with E-state index in [-0.39, 0.29) is 0 Å². The molecule has 19 heavy (non-hydrogen) atoms. The molecule has 2 aliphatic carbocycles. The molecule has 2 N–H and O–H groups in total. The lowest BCUT2D eigenvalue weighted by Gasteiger charge is -2.22. The van der Waals surface area contributed by atoms with Gasteiger partial charge in [-0.05, 0) is 54.7 Å². The molecule has 3 unspecified atom stereocenters. The second-order valence-electron chi connectivity index (χ2n) is 6.46. The second kappa shape index (κ2) is 4.38. The lowest BCUT2D eigenvalue weighted by atomic mass is 9.89. The van der Waals surface area contributed by atoms with Crippen LogP contribution in [-0.2, 0) is 13.1 Å². The summed E-state index contributed by atoms with van der Waals surface area (Å²) < 4.78 is 2.46. The molecule has 0 spiro atoms. The fraction of sp³-hybridized carbons (Fsp3) is 0.529. The minimum absolute atomic E-state index is 0.634. The Morgan fingerprint density at radius 1 is 1.16 bits per heavy atom. The fourth-order valence-corrected chi connectivity index (χ4v) is 4.48. The van der Waals surface area contributed by atoms with Crippen molar-refractivity contribution in [2.24, 2.45) is 23.5 Å². The zero-order valence-corrected chi connectivity index (χ0v) is 11.4. The summed E-state index contributed by atoms with van der Waals surface area (Å²) in [5, 5.41) is 1.34. The van der Waals surface area contributed by atoms with Crippen LogP contribution < -0.4 is 5.73 Å². The van der Waals surface area contributed by atoms with Gasteiger partial charge in [-0.2, -0.15) is 0 Å². The molecular weight excluding hydrogens is 232 g/mol. The molecule has 0 amide bonds. The maximum Gasteiger partial charge on any atom is 0.0483 e. The Morgan fingerprint density at radius 2 is 2.11 bits per heavy atom. The number of rotatable bonds is 3. The van der Waals surface area contributed by atoms with Gasteiger partial charge in [0.15, 0.2) is 0 Å². The first kappa shape index (κ1) is 11.5. The average molecular weight is 254 g/mol. The fourth-order valence-electron chi connectivity index (χ4n) is 4.48. The van der Waals surface area contributed by atoms with Crippen molar-refractivity contribution in [3.8, 4) is 0 Å². The summed E-state index contributed by atoms with van der Waals surface area (Å²) >= 11 is 0. The standard InChI is InChI=1S/C17H22N2/c18-10-14-2-1-3-17-16(14)6-7-19(17)11-15-9-12-4-5-13(15)8-12/h1-3,6-7,12-13,15H,4-5,8-11,18H2. The number of nitrogens with two attached hydrogens (primary N) is 1. The molecule has 2 aromatic rings. The molecule has 2 aliphatic rings. The van der Waals surface area contributed by atoms with Gasteiger partial charge in [-0.1, -0.05) is 18.6 Å². The van der Waals surface area contributed by atoms with Crippen molar-refractivity contribution in [3.63, 3.8) is 0 Å². The van der Waals surface area contributed by atoms with Crippen LogP contribution in [0.2, 0.25) is 0 Å². The smallest absolute Gasteiger partial charge is 0.0483 e. The molecular formula is C17H22N2. The van der Waals surface area contributed by atoms with E-state index in [0.29, 0.717) is 6.54 Å². The highest BCUT2D eigenvalue weighted by atomic mass is 15.0. The molecule has 0 radical (unpaired) electrons. The zero-order chi connectivity index (χ0) is 12.8. The van der Waals surface area contributed by atoms with Crippen LogP contribution >= 0.6 is 0 Å². The average Bonchev–Trinajstić information content (AvgIpc) is 3.14. The number of hydrogen-bond donors (Lipinski definition) is 1. The Morgan fingerprint density at radius 3 is 2.84 bits per heavy atom. The van der Waals surface area contributed by atoms with Gasteiger partial charge in [0, 0.05) is 30.2 Å². The lowest BCUT2D eigenvalue weighted by Crippen LogP contribution is -2.16. The Balaban J connectivity index is 1.65. The summed E-state index contributed by atoms with van der Waals surface area (Å²) in [6.45, 7) is 1.84. The summed E-state index contributed by atoms with van der Waals surface area (Å²) in [6.07, 6.45) is 8.18. The minimum Gasteiger partial charge on any atom is -0.347 e. The molecule has 3 atom stereocenters. The van der Waals surface area contributed by atoms with Gasteiger partial charge in [-0.15, -0.1) is 0 Å². The molecule has 4 rings (SSSR count). The molecule has 100 valence electrons. The van der Waals surface area contributed by atoms with E-state index >= 15 is 0 Å². The van der Waals surface area contributed by atoms with Gasteiger partial charge < -0.3 is 10.3 Å². The number of aromatic nitrogens is 1. The molecule has 2 fully saturated rings. The maximum absolute atomic E-state index is 5.83. The van der Waals surface area contributed by atoms with E-state index in [0.717, 1.165) is 17.8 Å². The van der Waals surface area contributed by atoms with Crippen LogP contribution in [0.15, 0.2) is 30.5 Å². The van der Waals surface area contributed by atoms with Crippen molar-refractivity contribution in [3.05, 3.63) is 36.0 Å². The molecule has 0 saturated heterocycles. The molecule has 1 aromatic carbocycles. The Labute approximate surface area is 114 Å². The van der Waals surface area contributed by atoms with Crippen LogP contribution in [0.3, 0.4) is 0 Å². The van der Waals surface area contributed by atoms with Gasteiger partial charge in [0.2, 0.25) is 0 Å². The highest BCUT2D eigenvalue weighted by molar-refractivity contribution is 5.83. The van der Waals surface area contributed by atoms with Gasteiger partial charge in [0.1, 0.15) is 0 Å². The maximum atomic E-state index is 5.83. The third kappa shape index (κ3) is 1.81. The van der Waals surface area contributed by atoms with Crippen LogP contribution in [0, 0.1) is 17.8 Å². The van der Waals surface area contributed by atoms with E-state index in [9.17, 15) is 0 Å². The molecule has 2 saturated carbocycles. The van der Waals surface area contributed by atoms with Crippen LogP contribution in [0.4, 0.5) is 0 Å². The predicted octanol–water partition coefficient (Wildman–Crippen LogP) is 3.54. The summed E-state index contributed by atoms with van der Waals surface area (Å²) in [6, 6.07) is 8.76. The lowest BCUT2D eigenvalue weighted by molar-refractivity contribution is 0.299.